The van der Waals surface area contributed by atoms with Crippen molar-refractivity contribution in [3.05, 3.63) is 47.0 Å². The van der Waals surface area contributed by atoms with Gasteiger partial charge in [0.05, 0.1) is 37.3 Å². The summed E-state index contributed by atoms with van der Waals surface area (Å²) in [5, 5.41) is 0.576. The molecule has 5 nitrogen and oxygen atoms in total. The predicted octanol–water partition coefficient (Wildman–Crippen LogP) is 2.70. The standard InChI is InChI=1S/C14H13ClN2O3/c1-19-14(18)12-7-16-8-17(12)11-5-6-20-13-9(11)3-2-4-10(13)15/h2-4,7-8,11H,5-6H2,1H3. The van der Waals surface area contributed by atoms with E-state index in [4.69, 9.17) is 21.1 Å². The number of esters is 1. The zero-order chi connectivity index (χ0) is 14.1. The highest BCUT2D eigenvalue weighted by molar-refractivity contribution is 6.32. The number of nitrogens with zero attached hydrogens (tertiary/aromatic N) is 2. The summed E-state index contributed by atoms with van der Waals surface area (Å²) in [6.07, 6.45) is 3.88. The monoisotopic (exact) mass is 292 g/mol. The molecule has 2 aromatic rings. The molecule has 0 saturated carbocycles. The number of methoxy groups -OCH3 is 1. The van der Waals surface area contributed by atoms with Crippen molar-refractivity contribution in [2.45, 2.75) is 12.5 Å². The van der Waals surface area contributed by atoms with Gasteiger partial charge in [0.1, 0.15) is 11.4 Å². The number of carbonyl (C=O) groups excluding carboxylic acids is 1. The van der Waals surface area contributed by atoms with Gasteiger partial charge in [0, 0.05) is 12.0 Å². The lowest BCUT2D eigenvalue weighted by Gasteiger charge is -2.28. The van der Waals surface area contributed by atoms with Crippen LogP contribution in [0.15, 0.2) is 30.7 Å². The normalized spacial score (nSPS) is 17.2. The zero-order valence-corrected chi connectivity index (χ0v) is 11.6. The third-order valence-corrected chi connectivity index (χ3v) is 3.69. The molecule has 20 heavy (non-hydrogen) atoms. The number of carbonyl (C=O) groups is 1. The first kappa shape index (κ1) is 13.0. The van der Waals surface area contributed by atoms with E-state index in [1.165, 1.54) is 13.3 Å². The van der Waals surface area contributed by atoms with Crippen LogP contribution in [0.5, 0.6) is 5.75 Å². The number of imidazole rings is 1. The van der Waals surface area contributed by atoms with E-state index in [0.717, 1.165) is 12.0 Å². The Labute approximate surface area is 121 Å². The number of para-hydroxylation sites is 1. The van der Waals surface area contributed by atoms with E-state index < -0.39 is 5.97 Å². The number of aromatic nitrogens is 2. The number of halogens is 1. The van der Waals surface area contributed by atoms with Crippen molar-refractivity contribution in [1.82, 2.24) is 9.55 Å². The minimum atomic E-state index is -0.405. The highest BCUT2D eigenvalue weighted by atomic mass is 35.5. The molecule has 1 aromatic carbocycles. The second-order valence-corrected chi connectivity index (χ2v) is 4.90. The molecular formula is C14H13ClN2O3. The molecule has 6 heteroatoms. The van der Waals surface area contributed by atoms with Gasteiger partial charge in [-0.2, -0.15) is 0 Å². The summed E-state index contributed by atoms with van der Waals surface area (Å²) in [5.74, 6) is 0.271. The molecule has 0 N–H and O–H groups in total. The molecule has 104 valence electrons. The lowest BCUT2D eigenvalue weighted by atomic mass is 10.00. The van der Waals surface area contributed by atoms with Crippen LogP contribution in [0.3, 0.4) is 0 Å². The molecule has 3 rings (SSSR count). The fourth-order valence-corrected chi connectivity index (χ4v) is 2.71. The number of fused-ring (bicyclic) bond motifs is 1. The summed E-state index contributed by atoms with van der Waals surface area (Å²) in [5.41, 5.74) is 1.37. The van der Waals surface area contributed by atoms with Crippen molar-refractivity contribution in [2.75, 3.05) is 13.7 Å². The average molecular weight is 293 g/mol. The fourth-order valence-electron chi connectivity index (χ4n) is 2.47. The molecule has 1 aliphatic rings. The number of rotatable bonds is 2. The smallest absolute Gasteiger partial charge is 0.356 e. The maximum atomic E-state index is 11.8. The highest BCUT2D eigenvalue weighted by Crippen LogP contribution is 2.39. The first-order valence-corrected chi connectivity index (χ1v) is 6.61. The van der Waals surface area contributed by atoms with Crippen molar-refractivity contribution in [3.8, 4) is 5.75 Å². The van der Waals surface area contributed by atoms with E-state index in [1.807, 2.05) is 16.7 Å². The van der Waals surface area contributed by atoms with Crippen LogP contribution >= 0.6 is 11.6 Å². The molecule has 2 heterocycles. The summed E-state index contributed by atoms with van der Waals surface area (Å²) in [6.45, 7) is 0.542. The number of benzene rings is 1. The molecular weight excluding hydrogens is 280 g/mol. The summed E-state index contributed by atoms with van der Waals surface area (Å²) in [7, 11) is 1.36. The molecule has 0 spiro atoms. The van der Waals surface area contributed by atoms with Crippen molar-refractivity contribution in [1.29, 1.82) is 0 Å². The molecule has 0 aliphatic carbocycles. The van der Waals surface area contributed by atoms with Crippen molar-refractivity contribution in [3.63, 3.8) is 0 Å². The largest absolute Gasteiger partial charge is 0.492 e. The van der Waals surface area contributed by atoms with Gasteiger partial charge in [-0.3, -0.25) is 0 Å². The molecule has 0 amide bonds. The van der Waals surface area contributed by atoms with Crippen molar-refractivity contribution < 1.29 is 14.3 Å². The first-order valence-electron chi connectivity index (χ1n) is 6.23. The molecule has 1 aliphatic heterocycles. The van der Waals surface area contributed by atoms with Gasteiger partial charge in [0.25, 0.3) is 0 Å². The van der Waals surface area contributed by atoms with Gasteiger partial charge >= 0.3 is 5.97 Å². The minimum Gasteiger partial charge on any atom is -0.492 e. The van der Waals surface area contributed by atoms with Crippen molar-refractivity contribution >= 4 is 17.6 Å². The maximum absolute atomic E-state index is 11.8. The van der Waals surface area contributed by atoms with Gasteiger partial charge in [-0.25, -0.2) is 9.78 Å². The number of hydrogen-bond donors (Lipinski definition) is 0. The van der Waals surface area contributed by atoms with E-state index in [9.17, 15) is 4.79 Å². The van der Waals surface area contributed by atoms with Crippen LogP contribution in [-0.4, -0.2) is 29.2 Å². The molecule has 0 radical (unpaired) electrons. The van der Waals surface area contributed by atoms with Gasteiger partial charge in [0.15, 0.2) is 0 Å². The molecule has 1 aromatic heterocycles. The third-order valence-electron chi connectivity index (χ3n) is 3.39. The minimum absolute atomic E-state index is 0.0333. The summed E-state index contributed by atoms with van der Waals surface area (Å²) in [6, 6.07) is 5.58. The fraction of sp³-hybridized carbons (Fsp3) is 0.286. The Morgan fingerprint density at radius 3 is 3.20 bits per heavy atom. The van der Waals surface area contributed by atoms with Crippen molar-refractivity contribution in [2.24, 2.45) is 0 Å². The van der Waals surface area contributed by atoms with E-state index in [-0.39, 0.29) is 6.04 Å². The van der Waals surface area contributed by atoms with Gasteiger partial charge in [-0.05, 0) is 6.07 Å². The van der Waals surface area contributed by atoms with E-state index >= 15 is 0 Å². The van der Waals surface area contributed by atoms with E-state index in [2.05, 4.69) is 4.98 Å². The van der Waals surface area contributed by atoms with Gasteiger partial charge in [-0.15, -0.1) is 0 Å². The lowest BCUT2D eigenvalue weighted by Crippen LogP contribution is -2.23. The zero-order valence-electron chi connectivity index (χ0n) is 10.9. The molecule has 0 fully saturated rings. The Kier molecular flexibility index (Phi) is 3.36. The average Bonchev–Trinajstić information content (AvgIpc) is 2.95. The Hall–Kier alpha value is -2.01. The van der Waals surface area contributed by atoms with E-state index in [0.29, 0.717) is 23.1 Å². The van der Waals surface area contributed by atoms with Gasteiger partial charge in [0.2, 0.25) is 0 Å². The Bertz CT molecular complexity index is 654. The maximum Gasteiger partial charge on any atom is 0.356 e. The topological polar surface area (TPSA) is 53.3 Å². The van der Waals surface area contributed by atoms with Crippen LogP contribution in [0.4, 0.5) is 0 Å². The molecule has 1 atom stereocenters. The Balaban J connectivity index is 2.08. The predicted molar refractivity (Wildman–Crippen MR) is 73.3 cm³/mol. The highest BCUT2D eigenvalue weighted by Gasteiger charge is 2.27. The van der Waals surface area contributed by atoms with Gasteiger partial charge < -0.3 is 14.0 Å². The second kappa shape index (κ2) is 5.17. The second-order valence-electron chi connectivity index (χ2n) is 4.49. The van der Waals surface area contributed by atoms with Crippen LogP contribution in [0.2, 0.25) is 5.02 Å². The quantitative estimate of drug-likeness (QED) is 0.799. The van der Waals surface area contributed by atoms with E-state index in [1.54, 1.807) is 12.4 Å². The number of hydrogen-bond acceptors (Lipinski definition) is 4. The van der Waals surface area contributed by atoms with Crippen LogP contribution in [0, 0.1) is 0 Å². The molecule has 0 bridgehead atoms. The van der Waals surface area contributed by atoms with Crippen LogP contribution in [0.25, 0.3) is 0 Å². The SMILES string of the molecule is COC(=O)c1cncn1C1CCOc2c(Cl)cccc21. The Morgan fingerprint density at radius 1 is 1.55 bits per heavy atom. The molecule has 0 saturated heterocycles. The first-order chi connectivity index (χ1) is 9.72. The third kappa shape index (κ3) is 2.04. The lowest BCUT2D eigenvalue weighted by molar-refractivity contribution is 0.0585. The van der Waals surface area contributed by atoms with Gasteiger partial charge in [-0.1, -0.05) is 23.7 Å². The molecule has 1 unspecified atom stereocenters. The summed E-state index contributed by atoms with van der Waals surface area (Å²) >= 11 is 6.16. The van der Waals surface area contributed by atoms with Crippen LogP contribution in [-0.2, 0) is 4.74 Å². The summed E-state index contributed by atoms with van der Waals surface area (Å²) in [4.78, 5) is 15.8. The van der Waals surface area contributed by atoms with Crippen LogP contribution < -0.4 is 4.74 Å². The van der Waals surface area contributed by atoms with Crippen LogP contribution in [0.1, 0.15) is 28.5 Å². The Morgan fingerprint density at radius 2 is 2.40 bits per heavy atom. The number of ether oxygens (including phenoxy) is 2. The summed E-state index contributed by atoms with van der Waals surface area (Å²) < 4.78 is 12.2.